The van der Waals surface area contributed by atoms with Crippen LogP contribution in [0.5, 0.6) is 0 Å². The molecular formula is C14H27NO5. The summed E-state index contributed by atoms with van der Waals surface area (Å²) in [5, 5.41) is 19.9. The first-order chi connectivity index (χ1) is 8.81. The second-order valence-corrected chi connectivity index (χ2v) is 7.09. The van der Waals surface area contributed by atoms with Crippen LogP contribution < -0.4 is 0 Å². The Kier molecular flexibility index (Phi) is 4.44. The Morgan fingerprint density at radius 2 is 1.80 bits per heavy atom. The molecule has 0 aromatic rings. The monoisotopic (exact) mass is 289 g/mol. The molecule has 0 saturated carbocycles. The third-order valence-corrected chi connectivity index (χ3v) is 3.44. The van der Waals surface area contributed by atoms with Crippen LogP contribution in [0.15, 0.2) is 0 Å². The third kappa shape index (κ3) is 3.24. The van der Waals surface area contributed by atoms with Crippen molar-refractivity contribution in [2.45, 2.75) is 77.5 Å². The van der Waals surface area contributed by atoms with Gasteiger partial charge in [0, 0.05) is 0 Å². The average molecular weight is 289 g/mol. The van der Waals surface area contributed by atoms with Gasteiger partial charge in [0.1, 0.15) is 17.4 Å². The molecule has 0 aliphatic carbocycles. The van der Waals surface area contributed by atoms with E-state index in [0.717, 1.165) is 0 Å². The molecule has 0 radical (unpaired) electrons. The number of hydrogen-bond donors (Lipinski definition) is 2. The number of rotatable bonds is 2. The van der Waals surface area contributed by atoms with Crippen LogP contribution in [0.1, 0.15) is 48.5 Å². The zero-order chi connectivity index (χ0) is 15.9. The Balaban J connectivity index is 3.11. The van der Waals surface area contributed by atoms with E-state index in [1.54, 1.807) is 41.5 Å². The molecule has 2 N–H and O–H groups in total. The van der Waals surface area contributed by atoms with Gasteiger partial charge >= 0.3 is 6.09 Å². The van der Waals surface area contributed by atoms with Crippen LogP contribution in [-0.2, 0) is 9.47 Å². The summed E-state index contributed by atoms with van der Waals surface area (Å²) in [7, 11) is 0. The van der Waals surface area contributed by atoms with Crippen molar-refractivity contribution in [1.82, 2.24) is 4.90 Å². The number of nitrogens with zero attached hydrogens (tertiary/aromatic N) is 1. The SMILES string of the molecule is C[C@H](O)[C@H](O)[C@]1(C)COC(C)(C)N1C(=O)OC(C)(C)C. The van der Waals surface area contributed by atoms with Gasteiger partial charge in [-0.15, -0.1) is 0 Å². The highest BCUT2D eigenvalue weighted by molar-refractivity contribution is 5.70. The molecule has 1 saturated heterocycles. The molecule has 0 aromatic heterocycles. The predicted molar refractivity (Wildman–Crippen MR) is 74.2 cm³/mol. The fraction of sp³-hybridized carbons (Fsp3) is 0.929. The van der Waals surface area contributed by atoms with Crippen molar-refractivity contribution in [3.8, 4) is 0 Å². The van der Waals surface area contributed by atoms with Crippen LogP contribution in [0.2, 0.25) is 0 Å². The van der Waals surface area contributed by atoms with Crippen molar-refractivity contribution >= 4 is 6.09 Å². The summed E-state index contributed by atoms with van der Waals surface area (Å²) in [4.78, 5) is 13.8. The van der Waals surface area contributed by atoms with Crippen molar-refractivity contribution in [3.63, 3.8) is 0 Å². The first-order valence-corrected chi connectivity index (χ1v) is 6.85. The standard InChI is InChI=1S/C14H27NO5/c1-9(16)10(17)14(7)8-19-13(5,6)15(14)11(18)20-12(2,3)4/h9-10,16-17H,8H2,1-7H3/t9-,10-,14-/m0/s1. The van der Waals surface area contributed by atoms with Gasteiger partial charge in [0.05, 0.1) is 18.2 Å². The number of carbonyl (C=O) groups excluding carboxylic acids is 1. The second-order valence-electron chi connectivity index (χ2n) is 7.09. The van der Waals surface area contributed by atoms with Crippen LogP contribution in [-0.4, -0.2) is 56.9 Å². The smallest absolute Gasteiger partial charge is 0.413 e. The molecule has 0 unspecified atom stereocenters. The van der Waals surface area contributed by atoms with Gasteiger partial charge in [0.25, 0.3) is 0 Å². The van der Waals surface area contributed by atoms with E-state index in [9.17, 15) is 15.0 Å². The molecule has 3 atom stereocenters. The fourth-order valence-corrected chi connectivity index (χ4v) is 2.54. The molecule has 118 valence electrons. The van der Waals surface area contributed by atoms with Crippen molar-refractivity contribution in [2.75, 3.05) is 6.61 Å². The molecule has 20 heavy (non-hydrogen) atoms. The summed E-state index contributed by atoms with van der Waals surface area (Å²) < 4.78 is 11.0. The zero-order valence-electron chi connectivity index (χ0n) is 13.4. The molecule has 1 aliphatic heterocycles. The van der Waals surface area contributed by atoms with Gasteiger partial charge in [-0.05, 0) is 48.5 Å². The van der Waals surface area contributed by atoms with Crippen molar-refractivity contribution in [3.05, 3.63) is 0 Å². The maximum absolute atomic E-state index is 12.5. The molecule has 0 aromatic carbocycles. The molecule has 6 heteroatoms. The maximum Gasteiger partial charge on any atom is 0.413 e. The Morgan fingerprint density at radius 1 is 1.30 bits per heavy atom. The van der Waals surface area contributed by atoms with Crippen molar-refractivity contribution in [2.24, 2.45) is 0 Å². The molecule has 0 bridgehead atoms. The van der Waals surface area contributed by atoms with Crippen molar-refractivity contribution in [1.29, 1.82) is 0 Å². The lowest BCUT2D eigenvalue weighted by molar-refractivity contribution is -0.0954. The van der Waals surface area contributed by atoms with Crippen LogP contribution in [0.4, 0.5) is 4.79 Å². The van der Waals surface area contributed by atoms with E-state index in [-0.39, 0.29) is 6.61 Å². The normalized spacial score (nSPS) is 29.1. The number of aliphatic hydroxyl groups is 2. The van der Waals surface area contributed by atoms with E-state index in [1.165, 1.54) is 11.8 Å². The second kappa shape index (κ2) is 5.16. The van der Waals surface area contributed by atoms with E-state index in [2.05, 4.69) is 0 Å². The van der Waals surface area contributed by atoms with Crippen LogP contribution in [0, 0.1) is 0 Å². The Labute approximate surface area is 120 Å². The zero-order valence-corrected chi connectivity index (χ0v) is 13.4. The topological polar surface area (TPSA) is 79.2 Å². The minimum atomic E-state index is -1.13. The van der Waals surface area contributed by atoms with Crippen LogP contribution in [0.3, 0.4) is 0 Å². The maximum atomic E-state index is 12.5. The molecule has 0 spiro atoms. The van der Waals surface area contributed by atoms with Crippen LogP contribution in [0.25, 0.3) is 0 Å². The fourth-order valence-electron chi connectivity index (χ4n) is 2.54. The lowest BCUT2D eigenvalue weighted by Crippen LogP contribution is -2.62. The quantitative estimate of drug-likeness (QED) is 0.805. The van der Waals surface area contributed by atoms with E-state index in [0.29, 0.717) is 0 Å². The lowest BCUT2D eigenvalue weighted by atomic mass is 9.90. The Bertz CT molecular complexity index is 374. The van der Waals surface area contributed by atoms with Gasteiger partial charge in [-0.3, -0.25) is 4.90 Å². The average Bonchev–Trinajstić information content (AvgIpc) is 2.46. The summed E-state index contributed by atoms with van der Waals surface area (Å²) in [6.45, 7) is 12.1. The van der Waals surface area contributed by atoms with Crippen molar-refractivity contribution < 1.29 is 24.5 Å². The molecule has 1 heterocycles. The van der Waals surface area contributed by atoms with E-state index in [4.69, 9.17) is 9.47 Å². The molecule has 1 aliphatic rings. The molecule has 1 fully saturated rings. The van der Waals surface area contributed by atoms with Gasteiger partial charge in [-0.1, -0.05) is 0 Å². The highest BCUT2D eigenvalue weighted by atomic mass is 16.6. The predicted octanol–water partition coefficient (Wildman–Crippen LogP) is 1.49. The highest BCUT2D eigenvalue weighted by Gasteiger charge is 2.57. The Morgan fingerprint density at radius 3 is 2.20 bits per heavy atom. The largest absolute Gasteiger partial charge is 0.444 e. The minimum absolute atomic E-state index is 0.130. The lowest BCUT2D eigenvalue weighted by Gasteiger charge is -2.43. The molecular weight excluding hydrogens is 262 g/mol. The number of amides is 1. The summed E-state index contributed by atoms with van der Waals surface area (Å²) in [5.74, 6) is 0. The first kappa shape index (κ1) is 17.2. The third-order valence-electron chi connectivity index (χ3n) is 3.44. The summed E-state index contributed by atoms with van der Waals surface area (Å²) in [6.07, 6.45) is -2.68. The van der Waals surface area contributed by atoms with Gasteiger partial charge < -0.3 is 19.7 Å². The summed E-state index contributed by atoms with van der Waals surface area (Å²) in [5.41, 5.74) is -2.60. The number of carbonyl (C=O) groups is 1. The summed E-state index contributed by atoms with van der Waals surface area (Å²) in [6, 6.07) is 0. The molecule has 1 amide bonds. The Hall–Kier alpha value is -0.850. The molecule has 1 rings (SSSR count). The van der Waals surface area contributed by atoms with Gasteiger partial charge in [-0.25, -0.2) is 4.79 Å². The van der Waals surface area contributed by atoms with E-state index < -0.39 is 35.2 Å². The van der Waals surface area contributed by atoms with E-state index in [1.807, 2.05) is 0 Å². The van der Waals surface area contributed by atoms with Gasteiger partial charge in [-0.2, -0.15) is 0 Å². The number of hydrogen-bond acceptors (Lipinski definition) is 5. The van der Waals surface area contributed by atoms with Gasteiger partial charge in [0.2, 0.25) is 0 Å². The van der Waals surface area contributed by atoms with E-state index >= 15 is 0 Å². The number of aliphatic hydroxyl groups excluding tert-OH is 2. The number of ether oxygens (including phenoxy) is 2. The highest BCUT2D eigenvalue weighted by Crippen LogP contribution is 2.39. The molecule has 6 nitrogen and oxygen atoms in total. The van der Waals surface area contributed by atoms with Gasteiger partial charge in [0.15, 0.2) is 0 Å². The summed E-state index contributed by atoms with van der Waals surface area (Å²) >= 11 is 0. The van der Waals surface area contributed by atoms with Crippen LogP contribution >= 0.6 is 0 Å². The minimum Gasteiger partial charge on any atom is -0.444 e. The first-order valence-electron chi connectivity index (χ1n) is 6.85.